The summed E-state index contributed by atoms with van der Waals surface area (Å²) in [6, 6.07) is 5.11. The molecule has 0 unspecified atom stereocenters. The zero-order valence-corrected chi connectivity index (χ0v) is 14.9. The second-order valence-electron chi connectivity index (χ2n) is 5.77. The Morgan fingerprint density at radius 3 is 2.61 bits per heavy atom. The molecule has 126 valence electrons. The highest BCUT2D eigenvalue weighted by Gasteiger charge is 2.21. The molecule has 0 aromatic heterocycles. The van der Waals surface area contributed by atoms with Crippen molar-refractivity contribution in [1.29, 1.82) is 0 Å². The Morgan fingerprint density at radius 1 is 1.22 bits per heavy atom. The van der Waals surface area contributed by atoms with Gasteiger partial charge in [0.05, 0.1) is 11.1 Å². The molecule has 0 bridgehead atoms. The maximum absolute atomic E-state index is 12.1. The average molecular weight is 383 g/mol. The smallest absolute Gasteiger partial charge is 0.269 e. The predicted octanol–water partition coefficient (Wildman–Crippen LogP) is 3.58. The van der Waals surface area contributed by atoms with Crippen LogP contribution in [0.5, 0.6) is 5.75 Å². The minimum absolute atomic E-state index is 0.0144. The number of nitrogens with one attached hydrogen (secondary N) is 2. The van der Waals surface area contributed by atoms with E-state index in [9.17, 15) is 9.59 Å². The highest BCUT2D eigenvalue weighted by atomic mass is 79.9. The van der Waals surface area contributed by atoms with E-state index >= 15 is 0 Å². The molecule has 0 radical (unpaired) electrons. The molecule has 6 heteroatoms. The van der Waals surface area contributed by atoms with Gasteiger partial charge in [0, 0.05) is 11.5 Å². The monoisotopic (exact) mass is 382 g/mol. The number of rotatable bonds is 5. The summed E-state index contributed by atoms with van der Waals surface area (Å²) in [5.41, 5.74) is 5.48. The fraction of sp³-hybridized carbons (Fsp3) is 0.529. The minimum Gasteiger partial charge on any atom is -0.492 e. The van der Waals surface area contributed by atoms with Gasteiger partial charge in [-0.1, -0.05) is 26.2 Å². The molecule has 1 saturated carbocycles. The number of hydrogen-bond donors (Lipinski definition) is 2. The Labute approximate surface area is 145 Å². The van der Waals surface area contributed by atoms with Crippen LogP contribution in [-0.2, 0) is 4.79 Å². The lowest BCUT2D eigenvalue weighted by Crippen LogP contribution is -2.44. The summed E-state index contributed by atoms with van der Waals surface area (Å²) in [7, 11) is 0. The largest absolute Gasteiger partial charge is 0.492 e. The van der Waals surface area contributed by atoms with Crippen LogP contribution in [0.3, 0.4) is 0 Å². The van der Waals surface area contributed by atoms with Gasteiger partial charge in [-0.25, -0.2) is 0 Å². The summed E-state index contributed by atoms with van der Waals surface area (Å²) in [5, 5.41) is 0. The van der Waals surface area contributed by atoms with Gasteiger partial charge in [0.1, 0.15) is 5.75 Å². The van der Waals surface area contributed by atoms with Gasteiger partial charge in [0.15, 0.2) is 0 Å². The fourth-order valence-electron chi connectivity index (χ4n) is 2.63. The predicted molar refractivity (Wildman–Crippen MR) is 92.1 cm³/mol. The summed E-state index contributed by atoms with van der Waals surface area (Å²) < 4.78 is 6.27. The normalized spacial score (nSPS) is 15.0. The maximum Gasteiger partial charge on any atom is 0.269 e. The summed E-state index contributed by atoms with van der Waals surface area (Å²) in [4.78, 5) is 24.1. The summed E-state index contributed by atoms with van der Waals surface area (Å²) >= 11 is 3.40. The van der Waals surface area contributed by atoms with Crippen molar-refractivity contribution < 1.29 is 14.3 Å². The molecule has 1 aromatic carbocycles. The average Bonchev–Trinajstić information content (AvgIpc) is 2.59. The van der Waals surface area contributed by atoms with E-state index in [0.29, 0.717) is 17.9 Å². The van der Waals surface area contributed by atoms with Gasteiger partial charge in [-0.05, 0) is 53.4 Å². The van der Waals surface area contributed by atoms with Crippen LogP contribution in [0.2, 0.25) is 0 Å². The van der Waals surface area contributed by atoms with Crippen LogP contribution in [-0.4, -0.2) is 18.4 Å². The molecule has 23 heavy (non-hydrogen) atoms. The van der Waals surface area contributed by atoms with Crippen molar-refractivity contribution in [3.63, 3.8) is 0 Å². The van der Waals surface area contributed by atoms with Crippen LogP contribution in [0.15, 0.2) is 22.7 Å². The van der Waals surface area contributed by atoms with Gasteiger partial charge in [-0.2, -0.15) is 0 Å². The first-order valence-electron chi connectivity index (χ1n) is 8.14. The van der Waals surface area contributed by atoms with Gasteiger partial charge in [0.25, 0.3) is 5.91 Å². The molecule has 0 aliphatic heterocycles. The van der Waals surface area contributed by atoms with Crippen LogP contribution in [0.1, 0.15) is 55.8 Å². The Kier molecular flexibility index (Phi) is 6.89. The Bertz CT molecular complexity index is 557. The number of benzene rings is 1. The van der Waals surface area contributed by atoms with E-state index in [1.54, 1.807) is 18.2 Å². The standard InChI is InChI=1S/C17H23BrN2O3/c1-2-10-23-15-9-8-13(11-14(15)18)17(22)20-19-16(21)12-6-4-3-5-7-12/h8-9,11-12H,2-7,10H2,1H3,(H,19,21)(H,20,22). The first-order valence-corrected chi connectivity index (χ1v) is 8.93. The Hall–Kier alpha value is -1.56. The van der Waals surface area contributed by atoms with Gasteiger partial charge < -0.3 is 4.74 Å². The Morgan fingerprint density at radius 2 is 1.96 bits per heavy atom. The third-order valence-corrected chi connectivity index (χ3v) is 4.55. The summed E-state index contributed by atoms with van der Waals surface area (Å²) in [5.74, 6) is 0.284. The van der Waals surface area contributed by atoms with Crippen LogP contribution in [0, 0.1) is 5.92 Å². The maximum atomic E-state index is 12.1. The van der Waals surface area contributed by atoms with Crippen molar-refractivity contribution in [2.45, 2.75) is 45.4 Å². The van der Waals surface area contributed by atoms with Crippen molar-refractivity contribution in [2.75, 3.05) is 6.61 Å². The number of carbonyl (C=O) groups is 2. The lowest BCUT2D eigenvalue weighted by molar-refractivity contribution is -0.126. The number of hydrogen-bond acceptors (Lipinski definition) is 3. The van der Waals surface area contributed by atoms with Crippen molar-refractivity contribution in [3.8, 4) is 5.75 Å². The molecule has 0 atom stereocenters. The minimum atomic E-state index is -0.336. The molecule has 0 spiro atoms. The van der Waals surface area contributed by atoms with Crippen LogP contribution in [0.25, 0.3) is 0 Å². The van der Waals surface area contributed by atoms with E-state index in [1.807, 2.05) is 6.92 Å². The van der Waals surface area contributed by atoms with E-state index in [4.69, 9.17) is 4.74 Å². The molecule has 1 aromatic rings. The number of hydrazine groups is 1. The second kappa shape index (κ2) is 8.91. The molecule has 2 N–H and O–H groups in total. The molecule has 0 saturated heterocycles. The first kappa shape index (κ1) is 17.8. The van der Waals surface area contributed by atoms with Crippen LogP contribution >= 0.6 is 15.9 Å². The molecular formula is C17H23BrN2O3. The van der Waals surface area contributed by atoms with E-state index < -0.39 is 0 Å². The van der Waals surface area contributed by atoms with Gasteiger partial charge in [-0.3, -0.25) is 20.4 Å². The molecule has 1 aliphatic carbocycles. The van der Waals surface area contributed by atoms with Crippen molar-refractivity contribution in [1.82, 2.24) is 10.9 Å². The molecule has 1 fully saturated rings. The highest BCUT2D eigenvalue weighted by molar-refractivity contribution is 9.10. The quantitative estimate of drug-likeness (QED) is 0.764. The molecule has 5 nitrogen and oxygen atoms in total. The van der Waals surface area contributed by atoms with Gasteiger partial charge in [0.2, 0.25) is 5.91 Å². The molecule has 2 rings (SSSR count). The first-order chi connectivity index (χ1) is 11.1. The molecule has 2 amide bonds. The number of amides is 2. The summed E-state index contributed by atoms with van der Waals surface area (Å²) in [6.45, 7) is 2.66. The third kappa shape index (κ3) is 5.23. The molecule has 1 aliphatic rings. The lowest BCUT2D eigenvalue weighted by Gasteiger charge is -2.20. The number of carbonyl (C=O) groups excluding carboxylic acids is 2. The van der Waals surface area contributed by atoms with E-state index in [1.165, 1.54) is 6.42 Å². The van der Waals surface area contributed by atoms with E-state index in [2.05, 4.69) is 26.8 Å². The number of halogens is 1. The SMILES string of the molecule is CCCOc1ccc(C(=O)NNC(=O)C2CCCCC2)cc1Br. The lowest BCUT2D eigenvalue weighted by atomic mass is 9.89. The number of ether oxygens (including phenoxy) is 1. The molecule has 0 heterocycles. The molecular weight excluding hydrogens is 360 g/mol. The Balaban J connectivity index is 1.87. The van der Waals surface area contributed by atoms with Crippen LogP contribution < -0.4 is 15.6 Å². The topological polar surface area (TPSA) is 67.4 Å². The van der Waals surface area contributed by atoms with E-state index in [0.717, 1.165) is 36.6 Å². The second-order valence-corrected chi connectivity index (χ2v) is 6.63. The van der Waals surface area contributed by atoms with Crippen LogP contribution in [0.4, 0.5) is 0 Å². The zero-order valence-electron chi connectivity index (χ0n) is 13.4. The van der Waals surface area contributed by atoms with E-state index in [-0.39, 0.29) is 17.7 Å². The third-order valence-electron chi connectivity index (χ3n) is 3.93. The van der Waals surface area contributed by atoms with Crippen molar-refractivity contribution >= 4 is 27.7 Å². The van der Waals surface area contributed by atoms with Gasteiger partial charge in [-0.15, -0.1) is 0 Å². The van der Waals surface area contributed by atoms with Gasteiger partial charge >= 0.3 is 0 Å². The highest BCUT2D eigenvalue weighted by Crippen LogP contribution is 2.26. The van der Waals surface area contributed by atoms with Crippen molar-refractivity contribution in [2.24, 2.45) is 5.92 Å². The summed E-state index contributed by atoms with van der Waals surface area (Å²) in [6.07, 6.45) is 6.07. The van der Waals surface area contributed by atoms with Crippen molar-refractivity contribution in [3.05, 3.63) is 28.2 Å². The zero-order chi connectivity index (χ0) is 16.7. The fourth-order valence-corrected chi connectivity index (χ4v) is 3.12.